The van der Waals surface area contributed by atoms with Crippen molar-refractivity contribution >= 4 is 0 Å². The lowest BCUT2D eigenvalue weighted by Crippen LogP contribution is -2.52. The molecule has 1 spiro atoms. The number of hydrogen-bond acceptors (Lipinski definition) is 3. The molecule has 3 nitrogen and oxygen atoms in total. The van der Waals surface area contributed by atoms with Gasteiger partial charge in [-0.05, 0) is 38.5 Å². The Bertz CT molecular complexity index is 379. The standard InChI is InChI=1S/C16H25NO2/c1-13(2)14-6-8-15(3,7-4-5-9-17)16(12-14)18-10-11-19-16/h14H,1,4-8,10-12H2,2-3H3/t14-,15-/m1/s1. The number of allylic oxidation sites excluding steroid dienone is 1. The molecule has 19 heavy (non-hydrogen) atoms. The summed E-state index contributed by atoms with van der Waals surface area (Å²) in [4.78, 5) is 0. The summed E-state index contributed by atoms with van der Waals surface area (Å²) in [5.74, 6) is 0.0618. The lowest BCUT2D eigenvalue weighted by Gasteiger charge is -2.50. The molecule has 1 aliphatic carbocycles. The van der Waals surface area contributed by atoms with E-state index in [0.29, 0.717) is 25.6 Å². The highest BCUT2D eigenvalue weighted by Gasteiger charge is 2.55. The smallest absolute Gasteiger partial charge is 0.174 e. The van der Waals surface area contributed by atoms with Gasteiger partial charge in [0.25, 0.3) is 0 Å². The molecule has 0 aromatic rings. The number of nitriles is 1. The molecule has 0 aromatic carbocycles. The molecule has 106 valence electrons. The van der Waals surface area contributed by atoms with E-state index in [9.17, 15) is 0 Å². The SMILES string of the molecule is C=C(C)[C@@H]1CC[C@@](C)(CCCC#N)C2(C1)OCCO2. The highest BCUT2D eigenvalue weighted by molar-refractivity contribution is 5.07. The fourth-order valence-electron chi connectivity index (χ4n) is 3.57. The van der Waals surface area contributed by atoms with Crippen LogP contribution in [0.15, 0.2) is 12.2 Å². The third-order valence-corrected chi connectivity index (χ3v) is 4.95. The summed E-state index contributed by atoms with van der Waals surface area (Å²) in [5.41, 5.74) is 1.27. The third-order valence-electron chi connectivity index (χ3n) is 4.95. The minimum Gasteiger partial charge on any atom is -0.347 e. The molecule has 1 aliphatic heterocycles. The summed E-state index contributed by atoms with van der Waals surface area (Å²) in [6.07, 6.45) is 5.73. The first-order valence-electron chi connectivity index (χ1n) is 7.33. The Morgan fingerprint density at radius 2 is 2.11 bits per heavy atom. The molecule has 1 saturated carbocycles. The summed E-state index contributed by atoms with van der Waals surface area (Å²) in [7, 11) is 0. The van der Waals surface area contributed by atoms with Gasteiger partial charge >= 0.3 is 0 Å². The van der Waals surface area contributed by atoms with E-state index in [0.717, 1.165) is 32.1 Å². The fourth-order valence-corrected chi connectivity index (χ4v) is 3.57. The summed E-state index contributed by atoms with van der Waals surface area (Å²) >= 11 is 0. The van der Waals surface area contributed by atoms with Crippen LogP contribution in [-0.2, 0) is 9.47 Å². The van der Waals surface area contributed by atoms with E-state index in [1.807, 2.05) is 0 Å². The van der Waals surface area contributed by atoms with Crippen molar-refractivity contribution in [3.8, 4) is 6.07 Å². The second kappa shape index (κ2) is 5.64. The van der Waals surface area contributed by atoms with Crippen LogP contribution in [0.5, 0.6) is 0 Å². The summed E-state index contributed by atoms with van der Waals surface area (Å²) < 4.78 is 12.1. The molecule has 2 aliphatic rings. The monoisotopic (exact) mass is 263 g/mol. The largest absolute Gasteiger partial charge is 0.347 e. The maximum atomic E-state index is 8.73. The molecule has 1 saturated heterocycles. The van der Waals surface area contributed by atoms with Crippen molar-refractivity contribution in [2.24, 2.45) is 11.3 Å². The van der Waals surface area contributed by atoms with E-state index < -0.39 is 5.79 Å². The first-order valence-corrected chi connectivity index (χ1v) is 7.33. The van der Waals surface area contributed by atoms with E-state index in [2.05, 4.69) is 26.5 Å². The first kappa shape index (κ1) is 14.6. The average molecular weight is 263 g/mol. The molecule has 3 heteroatoms. The van der Waals surface area contributed by atoms with Gasteiger partial charge in [-0.2, -0.15) is 5.26 Å². The maximum absolute atomic E-state index is 8.73. The van der Waals surface area contributed by atoms with Crippen LogP contribution in [0.4, 0.5) is 0 Å². The van der Waals surface area contributed by atoms with Gasteiger partial charge in [0.05, 0.1) is 19.3 Å². The molecular weight excluding hydrogens is 238 g/mol. The number of unbranched alkanes of at least 4 members (excludes halogenated alkanes) is 1. The van der Waals surface area contributed by atoms with Crippen LogP contribution in [0, 0.1) is 22.7 Å². The van der Waals surface area contributed by atoms with Gasteiger partial charge in [-0.25, -0.2) is 0 Å². The van der Waals surface area contributed by atoms with Gasteiger partial charge in [-0.1, -0.05) is 19.1 Å². The topological polar surface area (TPSA) is 42.2 Å². The number of ether oxygens (including phenoxy) is 2. The molecular formula is C16H25NO2. The normalized spacial score (nSPS) is 33.2. The Kier molecular flexibility index (Phi) is 4.32. The molecule has 0 N–H and O–H groups in total. The summed E-state index contributed by atoms with van der Waals surface area (Å²) in [5, 5.41) is 8.73. The Morgan fingerprint density at radius 3 is 2.68 bits per heavy atom. The van der Waals surface area contributed by atoms with E-state index in [-0.39, 0.29) is 5.41 Å². The van der Waals surface area contributed by atoms with Crippen LogP contribution in [-0.4, -0.2) is 19.0 Å². The highest BCUT2D eigenvalue weighted by atomic mass is 16.7. The van der Waals surface area contributed by atoms with Crippen molar-refractivity contribution in [2.45, 2.75) is 58.2 Å². The van der Waals surface area contributed by atoms with E-state index >= 15 is 0 Å². The zero-order valence-electron chi connectivity index (χ0n) is 12.2. The summed E-state index contributed by atoms with van der Waals surface area (Å²) in [6.45, 7) is 9.86. The summed E-state index contributed by atoms with van der Waals surface area (Å²) in [6, 6.07) is 2.23. The predicted molar refractivity (Wildman–Crippen MR) is 74.4 cm³/mol. The highest BCUT2D eigenvalue weighted by Crippen LogP contribution is 2.54. The number of rotatable bonds is 4. The Hall–Kier alpha value is -0.850. The second-order valence-corrected chi connectivity index (χ2v) is 6.31. The van der Waals surface area contributed by atoms with E-state index in [1.54, 1.807) is 0 Å². The second-order valence-electron chi connectivity index (χ2n) is 6.31. The van der Waals surface area contributed by atoms with Crippen molar-refractivity contribution in [1.82, 2.24) is 0 Å². The Balaban J connectivity index is 2.13. The molecule has 1 heterocycles. The van der Waals surface area contributed by atoms with Gasteiger partial charge in [0.2, 0.25) is 0 Å². The average Bonchev–Trinajstić information content (AvgIpc) is 2.83. The van der Waals surface area contributed by atoms with Crippen LogP contribution < -0.4 is 0 Å². The molecule has 0 radical (unpaired) electrons. The van der Waals surface area contributed by atoms with Gasteiger partial charge in [0, 0.05) is 18.3 Å². The van der Waals surface area contributed by atoms with Crippen molar-refractivity contribution in [1.29, 1.82) is 5.26 Å². The fraction of sp³-hybridized carbons (Fsp3) is 0.812. The molecule has 2 fully saturated rings. The molecule has 0 bridgehead atoms. The molecule has 0 amide bonds. The van der Waals surface area contributed by atoms with Crippen molar-refractivity contribution in [3.63, 3.8) is 0 Å². The molecule has 2 atom stereocenters. The van der Waals surface area contributed by atoms with Gasteiger partial charge in [-0.15, -0.1) is 0 Å². The molecule has 2 rings (SSSR count). The Labute approximate surface area is 116 Å². The molecule has 0 aromatic heterocycles. The number of hydrogen-bond donors (Lipinski definition) is 0. The lowest BCUT2D eigenvalue weighted by molar-refractivity contribution is -0.259. The lowest BCUT2D eigenvalue weighted by atomic mass is 9.63. The van der Waals surface area contributed by atoms with Gasteiger partial charge in [0.1, 0.15) is 0 Å². The van der Waals surface area contributed by atoms with Gasteiger partial charge < -0.3 is 9.47 Å². The van der Waals surface area contributed by atoms with Crippen LogP contribution in [0.1, 0.15) is 52.4 Å². The van der Waals surface area contributed by atoms with E-state index in [1.165, 1.54) is 5.57 Å². The Morgan fingerprint density at radius 1 is 1.42 bits per heavy atom. The van der Waals surface area contributed by atoms with Gasteiger partial charge in [0.15, 0.2) is 5.79 Å². The third kappa shape index (κ3) is 2.70. The zero-order chi connectivity index (χ0) is 13.9. The quantitative estimate of drug-likeness (QED) is 0.572. The van der Waals surface area contributed by atoms with Crippen molar-refractivity contribution < 1.29 is 9.47 Å². The minimum absolute atomic E-state index is 0.0340. The van der Waals surface area contributed by atoms with Crippen LogP contribution in [0.25, 0.3) is 0 Å². The zero-order valence-corrected chi connectivity index (χ0v) is 12.2. The first-order chi connectivity index (χ1) is 9.03. The molecule has 0 unspecified atom stereocenters. The number of nitrogens with zero attached hydrogens (tertiary/aromatic N) is 1. The maximum Gasteiger partial charge on any atom is 0.174 e. The van der Waals surface area contributed by atoms with Crippen molar-refractivity contribution in [2.75, 3.05) is 13.2 Å². The van der Waals surface area contributed by atoms with Crippen LogP contribution >= 0.6 is 0 Å². The van der Waals surface area contributed by atoms with E-state index in [4.69, 9.17) is 14.7 Å². The van der Waals surface area contributed by atoms with Crippen LogP contribution in [0.2, 0.25) is 0 Å². The predicted octanol–water partition coefficient (Wildman–Crippen LogP) is 3.81. The van der Waals surface area contributed by atoms with Crippen molar-refractivity contribution in [3.05, 3.63) is 12.2 Å². The minimum atomic E-state index is -0.440. The van der Waals surface area contributed by atoms with Gasteiger partial charge in [-0.3, -0.25) is 0 Å². The van der Waals surface area contributed by atoms with Crippen LogP contribution in [0.3, 0.4) is 0 Å².